The summed E-state index contributed by atoms with van der Waals surface area (Å²) in [5, 5.41) is 0. The van der Waals surface area contributed by atoms with Crippen LogP contribution in [0.4, 0.5) is 13.2 Å². The summed E-state index contributed by atoms with van der Waals surface area (Å²) in [4.78, 5) is 1.34. The lowest BCUT2D eigenvalue weighted by molar-refractivity contribution is -0.192. The maximum absolute atomic E-state index is 12.5. The number of likely N-dealkylation sites (tertiary alicyclic amines) is 1. The van der Waals surface area contributed by atoms with Crippen LogP contribution in [0.1, 0.15) is 6.42 Å². The first kappa shape index (κ1) is 11.7. The maximum atomic E-state index is 12.5. The van der Waals surface area contributed by atoms with E-state index in [0.717, 1.165) is 0 Å². The molecule has 0 aromatic carbocycles. The van der Waals surface area contributed by atoms with E-state index in [1.54, 1.807) is 0 Å². The normalized spacial score (nSPS) is 26.8. The number of nitrogens with two attached hydrogens (primary N) is 1. The van der Waals surface area contributed by atoms with Crippen molar-refractivity contribution in [3.63, 3.8) is 0 Å². The van der Waals surface area contributed by atoms with Crippen LogP contribution in [-0.2, 0) is 4.74 Å². The van der Waals surface area contributed by atoms with Gasteiger partial charge in [0.15, 0.2) is 0 Å². The molecule has 1 rings (SSSR count). The highest BCUT2D eigenvalue weighted by atomic mass is 19.4. The average Bonchev–Trinajstić information content (AvgIpc) is 2.45. The minimum Gasteiger partial charge on any atom is -0.383 e. The zero-order chi connectivity index (χ0) is 10.8. The molecule has 0 bridgehead atoms. The molecular formula is C8H15F3N2O. The average molecular weight is 212 g/mol. The first-order valence-electron chi connectivity index (χ1n) is 4.50. The summed E-state index contributed by atoms with van der Waals surface area (Å²) in [6.07, 6.45) is -3.61. The Labute approximate surface area is 81.0 Å². The Balaban J connectivity index is 2.59. The second-order valence-corrected chi connectivity index (χ2v) is 3.56. The van der Waals surface area contributed by atoms with Crippen molar-refractivity contribution in [2.45, 2.75) is 24.7 Å². The van der Waals surface area contributed by atoms with E-state index in [2.05, 4.69) is 4.74 Å². The van der Waals surface area contributed by atoms with Gasteiger partial charge in [-0.25, -0.2) is 0 Å². The minimum absolute atomic E-state index is 0.142. The number of halogens is 3. The highest BCUT2D eigenvalue weighted by Gasteiger charge is 2.45. The Kier molecular flexibility index (Phi) is 3.74. The minimum atomic E-state index is -4.24. The van der Waals surface area contributed by atoms with Crippen molar-refractivity contribution in [1.82, 2.24) is 4.90 Å². The number of alkyl halides is 3. The molecule has 0 spiro atoms. The van der Waals surface area contributed by atoms with Gasteiger partial charge in [-0.05, 0) is 6.42 Å². The molecule has 0 saturated carbocycles. The second kappa shape index (κ2) is 4.46. The van der Waals surface area contributed by atoms with Crippen LogP contribution < -0.4 is 5.73 Å². The van der Waals surface area contributed by atoms with Crippen molar-refractivity contribution >= 4 is 0 Å². The van der Waals surface area contributed by atoms with Crippen molar-refractivity contribution in [1.29, 1.82) is 0 Å². The van der Waals surface area contributed by atoms with Crippen molar-refractivity contribution in [3.05, 3.63) is 0 Å². The van der Waals surface area contributed by atoms with Gasteiger partial charge in [0.05, 0.1) is 6.61 Å². The van der Waals surface area contributed by atoms with Gasteiger partial charge in [-0.3, -0.25) is 4.90 Å². The van der Waals surface area contributed by atoms with Gasteiger partial charge in [0.25, 0.3) is 0 Å². The number of nitrogens with zero attached hydrogens (tertiary/aromatic N) is 1. The van der Waals surface area contributed by atoms with Crippen LogP contribution in [0.5, 0.6) is 0 Å². The highest BCUT2D eigenvalue weighted by Crippen LogP contribution is 2.27. The molecule has 1 aliphatic rings. The first-order chi connectivity index (χ1) is 6.45. The molecule has 3 nitrogen and oxygen atoms in total. The zero-order valence-corrected chi connectivity index (χ0v) is 8.05. The lowest BCUT2D eigenvalue weighted by atomic mass is 10.2. The predicted molar refractivity (Wildman–Crippen MR) is 45.9 cm³/mol. The van der Waals surface area contributed by atoms with E-state index in [4.69, 9.17) is 5.73 Å². The number of ether oxygens (including phenoxy) is 1. The fraction of sp³-hybridized carbons (Fsp3) is 1.00. The van der Waals surface area contributed by atoms with Crippen LogP contribution in [0, 0.1) is 0 Å². The maximum Gasteiger partial charge on any atom is 0.406 e. The van der Waals surface area contributed by atoms with Gasteiger partial charge in [0.1, 0.15) is 6.04 Å². The Morgan fingerprint density at radius 1 is 1.57 bits per heavy atom. The third-order valence-electron chi connectivity index (χ3n) is 2.40. The van der Waals surface area contributed by atoms with E-state index in [1.807, 2.05) is 0 Å². The van der Waals surface area contributed by atoms with Crippen LogP contribution >= 0.6 is 0 Å². The molecule has 2 N–H and O–H groups in total. The monoisotopic (exact) mass is 212 g/mol. The lowest BCUT2D eigenvalue weighted by Gasteiger charge is -2.28. The van der Waals surface area contributed by atoms with Gasteiger partial charge in [-0.2, -0.15) is 13.2 Å². The molecule has 0 aromatic rings. The molecule has 1 saturated heterocycles. The lowest BCUT2D eigenvalue weighted by Crippen LogP contribution is -2.48. The molecule has 1 heterocycles. The fourth-order valence-electron chi connectivity index (χ4n) is 1.66. The van der Waals surface area contributed by atoms with Crippen molar-refractivity contribution in [2.75, 3.05) is 26.8 Å². The second-order valence-electron chi connectivity index (χ2n) is 3.56. The molecule has 0 aliphatic carbocycles. The summed E-state index contributed by atoms with van der Waals surface area (Å²) in [5.41, 5.74) is 5.55. The van der Waals surface area contributed by atoms with Crippen LogP contribution in [0.2, 0.25) is 0 Å². The highest BCUT2D eigenvalue weighted by molar-refractivity contribution is 4.86. The largest absolute Gasteiger partial charge is 0.406 e. The van der Waals surface area contributed by atoms with Crippen molar-refractivity contribution in [3.8, 4) is 0 Å². The molecule has 6 heteroatoms. The summed E-state index contributed by atoms with van der Waals surface area (Å²) in [6.45, 7) is 0.373. The predicted octanol–water partition coefficient (Wildman–Crippen LogP) is 0.597. The molecule has 14 heavy (non-hydrogen) atoms. The van der Waals surface area contributed by atoms with Gasteiger partial charge in [0, 0.05) is 26.2 Å². The van der Waals surface area contributed by atoms with E-state index in [9.17, 15) is 13.2 Å². The fourth-order valence-corrected chi connectivity index (χ4v) is 1.66. The number of rotatable bonds is 3. The summed E-state index contributed by atoms with van der Waals surface area (Å²) in [5.74, 6) is 0. The summed E-state index contributed by atoms with van der Waals surface area (Å²) < 4.78 is 42.1. The Morgan fingerprint density at radius 3 is 2.57 bits per heavy atom. The molecule has 0 amide bonds. The van der Waals surface area contributed by atoms with Gasteiger partial charge in [-0.1, -0.05) is 0 Å². The number of hydrogen-bond donors (Lipinski definition) is 1. The van der Waals surface area contributed by atoms with E-state index in [0.29, 0.717) is 19.5 Å². The molecule has 1 aliphatic heterocycles. The number of methoxy groups -OCH3 is 1. The third-order valence-corrected chi connectivity index (χ3v) is 2.40. The van der Waals surface area contributed by atoms with E-state index in [-0.39, 0.29) is 12.6 Å². The molecule has 0 radical (unpaired) electrons. The summed E-state index contributed by atoms with van der Waals surface area (Å²) in [6, 6.07) is -1.65. The summed E-state index contributed by atoms with van der Waals surface area (Å²) in [7, 11) is 1.27. The number of hydrogen-bond acceptors (Lipinski definition) is 3. The molecular weight excluding hydrogens is 197 g/mol. The van der Waals surface area contributed by atoms with Crippen molar-refractivity contribution in [2.24, 2.45) is 5.73 Å². The van der Waals surface area contributed by atoms with E-state index >= 15 is 0 Å². The first-order valence-corrected chi connectivity index (χ1v) is 4.50. The topological polar surface area (TPSA) is 38.5 Å². The standard InChI is InChI=1S/C8H15F3N2O/c1-14-5-7(8(9,10)11)13-3-2-6(12)4-13/h6-7H,2-5,12H2,1H3. The molecule has 2 unspecified atom stereocenters. The van der Waals surface area contributed by atoms with Gasteiger partial charge < -0.3 is 10.5 Å². The van der Waals surface area contributed by atoms with E-state index < -0.39 is 12.2 Å². The van der Waals surface area contributed by atoms with Gasteiger partial charge >= 0.3 is 6.18 Å². The Hall–Kier alpha value is -0.330. The van der Waals surface area contributed by atoms with Crippen molar-refractivity contribution < 1.29 is 17.9 Å². The van der Waals surface area contributed by atoms with Gasteiger partial charge in [-0.15, -0.1) is 0 Å². The quantitative estimate of drug-likeness (QED) is 0.744. The molecule has 0 aromatic heterocycles. The molecule has 1 fully saturated rings. The Morgan fingerprint density at radius 2 is 2.21 bits per heavy atom. The molecule has 2 atom stereocenters. The molecule has 84 valence electrons. The zero-order valence-electron chi connectivity index (χ0n) is 8.05. The van der Waals surface area contributed by atoms with Gasteiger partial charge in [0.2, 0.25) is 0 Å². The van der Waals surface area contributed by atoms with Crippen LogP contribution in [0.15, 0.2) is 0 Å². The summed E-state index contributed by atoms with van der Waals surface area (Å²) >= 11 is 0. The smallest absolute Gasteiger partial charge is 0.383 e. The SMILES string of the molecule is COCC(N1CCC(N)C1)C(F)(F)F. The Bertz CT molecular complexity index is 186. The van der Waals surface area contributed by atoms with E-state index in [1.165, 1.54) is 12.0 Å². The van der Waals surface area contributed by atoms with Crippen LogP contribution in [0.25, 0.3) is 0 Å². The van der Waals surface area contributed by atoms with Crippen LogP contribution in [-0.4, -0.2) is 50.0 Å². The van der Waals surface area contributed by atoms with Crippen LogP contribution in [0.3, 0.4) is 0 Å². The third kappa shape index (κ3) is 2.83.